The van der Waals surface area contributed by atoms with E-state index in [1.807, 2.05) is 11.9 Å². The van der Waals surface area contributed by atoms with Gasteiger partial charge in [-0.15, -0.1) is 0 Å². The minimum absolute atomic E-state index is 0.550. The summed E-state index contributed by atoms with van der Waals surface area (Å²) in [4.78, 5) is 0. The monoisotopic (exact) mass is 132 g/mol. The Hall–Kier alpha value is 0.270. The number of hydrogen-bond acceptors (Lipinski definition) is 3. The average molecular weight is 132 g/mol. The zero-order valence-electron chi connectivity index (χ0n) is 5.35. The van der Waals surface area contributed by atoms with Gasteiger partial charge in [0, 0.05) is 12.3 Å². The van der Waals surface area contributed by atoms with Crippen molar-refractivity contribution in [2.24, 2.45) is 0 Å². The van der Waals surface area contributed by atoms with E-state index < -0.39 is 0 Å². The zero-order chi connectivity index (χ0) is 5.98. The lowest BCUT2D eigenvalue weighted by atomic mass is 10.5. The summed E-state index contributed by atoms with van der Waals surface area (Å²) in [5, 5.41) is 3.34. The van der Waals surface area contributed by atoms with Gasteiger partial charge in [-0.3, -0.25) is 0 Å². The number of nitrogens with zero attached hydrogens (tertiary/aromatic N) is 1. The van der Waals surface area contributed by atoms with Crippen LogP contribution in [-0.4, -0.2) is 29.8 Å². The fraction of sp³-hybridized carbons (Fsp3) is 1.00. The first-order valence-corrected chi connectivity index (χ1v) is 3.84. The summed E-state index contributed by atoms with van der Waals surface area (Å²) in [5.74, 6) is 1.21. The van der Waals surface area contributed by atoms with Crippen LogP contribution in [0.2, 0.25) is 0 Å². The zero-order valence-corrected chi connectivity index (χ0v) is 6.16. The van der Waals surface area contributed by atoms with Crippen LogP contribution < -0.4 is 5.32 Å². The second kappa shape index (κ2) is 2.71. The smallest absolute Gasteiger partial charge is 0.0664 e. The largest absolute Gasteiger partial charge is 0.300 e. The lowest BCUT2D eigenvalue weighted by molar-refractivity contribution is 0.357. The van der Waals surface area contributed by atoms with Crippen LogP contribution in [0.15, 0.2) is 0 Å². The second-order valence-corrected chi connectivity index (χ2v) is 3.25. The van der Waals surface area contributed by atoms with Crippen molar-refractivity contribution in [3.05, 3.63) is 0 Å². The van der Waals surface area contributed by atoms with Crippen molar-refractivity contribution in [3.63, 3.8) is 0 Å². The highest BCUT2D eigenvalue weighted by atomic mass is 32.2. The van der Waals surface area contributed by atoms with Crippen molar-refractivity contribution in [2.45, 2.75) is 13.1 Å². The third kappa shape index (κ3) is 1.37. The molecule has 1 N–H and O–H groups in total. The van der Waals surface area contributed by atoms with Crippen LogP contribution in [-0.2, 0) is 0 Å². The molecule has 1 aliphatic rings. The van der Waals surface area contributed by atoms with Gasteiger partial charge in [-0.05, 0) is 14.0 Å². The summed E-state index contributed by atoms with van der Waals surface area (Å²) in [6.07, 6.45) is 0.550. The molecule has 1 unspecified atom stereocenters. The molecule has 1 heterocycles. The van der Waals surface area contributed by atoms with E-state index in [0.29, 0.717) is 6.17 Å². The molecule has 2 nitrogen and oxygen atoms in total. The van der Waals surface area contributed by atoms with Gasteiger partial charge in [0.15, 0.2) is 0 Å². The maximum absolute atomic E-state index is 3.34. The third-order valence-corrected chi connectivity index (χ3v) is 2.49. The van der Waals surface area contributed by atoms with Gasteiger partial charge in [-0.25, -0.2) is 4.31 Å². The molecule has 48 valence electrons. The van der Waals surface area contributed by atoms with E-state index in [2.05, 4.69) is 23.6 Å². The predicted octanol–water partition coefficient (Wildman–Crippen LogP) is 0.516. The van der Waals surface area contributed by atoms with Gasteiger partial charge in [-0.2, -0.15) is 0 Å². The topological polar surface area (TPSA) is 15.3 Å². The first-order valence-electron chi connectivity index (χ1n) is 2.90. The van der Waals surface area contributed by atoms with E-state index in [1.165, 1.54) is 5.75 Å². The highest BCUT2D eigenvalue weighted by Crippen LogP contribution is 2.12. The summed E-state index contributed by atoms with van der Waals surface area (Å²) in [6, 6.07) is 0. The third-order valence-electron chi connectivity index (χ3n) is 1.38. The molecule has 1 atom stereocenters. The number of hydrogen-bond donors (Lipinski definition) is 1. The Bertz CT molecular complexity index is 66.8. The standard InChI is InChI=1S/C5H12N2S/c1-5-6-3-4-8-7(5)2/h5-6H,3-4H2,1-2H3. The quantitative estimate of drug-likeness (QED) is 0.484. The minimum Gasteiger partial charge on any atom is -0.300 e. The average Bonchev–Trinajstić information content (AvgIpc) is 1.77. The molecule has 1 rings (SSSR count). The van der Waals surface area contributed by atoms with Crippen LogP contribution in [0.3, 0.4) is 0 Å². The lowest BCUT2D eigenvalue weighted by Crippen LogP contribution is -2.43. The van der Waals surface area contributed by atoms with E-state index in [9.17, 15) is 0 Å². The molecule has 0 saturated carbocycles. The molecule has 1 aliphatic heterocycles. The normalized spacial score (nSPS) is 33.0. The Labute approximate surface area is 54.8 Å². The summed E-state index contributed by atoms with van der Waals surface area (Å²) < 4.78 is 2.24. The van der Waals surface area contributed by atoms with Gasteiger partial charge in [0.2, 0.25) is 0 Å². The maximum Gasteiger partial charge on any atom is 0.0664 e. The first-order chi connectivity index (χ1) is 3.80. The van der Waals surface area contributed by atoms with Gasteiger partial charge < -0.3 is 5.32 Å². The first kappa shape index (κ1) is 6.39. The Morgan fingerprint density at radius 1 is 1.75 bits per heavy atom. The van der Waals surface area contributed by atoms with Crippen molar-refractivity contribution in [2.75, 3.05) is 19.3 Å². The second-order valence-electron chi connectivity index (χ2n) is 2.01. The van der Waals surface area contributed by atoms with Crippen molar-refractivity contribution in [1.29, 1.82) is 0 Å². The molecule has 0 bridgehead atoms. The van der Waals surface area contributed by atoms with Gasteiger partial charge in [0.25, 0.3) is 0 Å². The molecule has 8 heavy (non-hydrogen) atoms. The molecule has 0 aliphatic carbocycles. The van der Waals surface area contributed by atoms with Gasteiger partial charge in [0.05, 0.1) is 6.17 Å². The van der Waals surface area contributed by atoms with Crippen LogP contribution in [0, 0.1) is 0 Å². The van der Waals surface area contributed by atoms with Crippen molar-refractivity contribution in [1.82, 2.24) is 9.62 Å². The highest BCUT2D eigenvalue weighted by Gasteiger charge is 2.12. The van der Waals surface area contributed by atoms with E-state index >= 15 is 0 Å². The molecular weight excluding hydrogens is 120 g/mol. The van der Waals surface area contributed by atoms with Crippen LogP contribution in [0.4, 0.5) is 0 Å². The summed E-state index contributed by atoms with van der Waals surface area (Å²) >= 11 is 1.90. The van der Waals surface area contributed by atoms with E-state index in [0.717, 1.165) is 6.54 Å². The molecule has 0 aromatic rings. The van der Waals surface area contributed by atoms with E-state index in [-0.39, 0.29) is 0 Å². The summed E-state index contributed by atoms with van der Waals surface area (Å²) in [7, 11) is 2.11. The fourth-order valence-corrected chi connectivity index (χ4v) is 1.49. The maximum atomic E-state index is 3.34. The van der Waals surface area contributed by atoms with Gasteiger partial charge >= 0.3 is 0 Å². The Kier molecular flexibility index (Phi) is 2.16. The lowest BCUT2D eigenvalue weighted by Gasteiger charge is -2.29. The summed E-state index contributed by atoms with van der Waals surface area (Å²) in [6.45, 7) is 3.32. The van der Waals surface area contributed by atoms with E-state index in [1.54, 1.807) is 0 Å². The molecule has 1 saturated heterocycles. The molecule has 0 aromatic carbocycles. The highest BCUT2D eigenvalue weighted by molar-refractivity contribution is 7.97. The van der Waals surface area contributed by atoms with Crippen molar-refractivity contribution in [3.8, 4) is 0 Å². The fourth-order valence-electron chi connectivity index (χ4n) is 0.698. The molecule has 3 heteroatoms. The Balaban J connectivity index is 2.28. The Morgan fingerprint density at radius 2 is 2.50 bits per heavy atom. The summed E-state index contributed by atoms with van der Waals surface area (Å²) in [5.41, 5.74) is 0. The molecular formula is C5H12N2S. The Morgan fingerprint density at radius 3 is 2.88 bits per heavy atom. The van der Waals surface area contributed by atoms with Crippen LogP contribution in [0.25, 0.3) is 0 Å². The van der Waals surface area contributed by atoms with E-state index in [4.69, 9.17) is 0 Å². The number of rotatable bonds is 0. The van der Waals surface area contributed by atoms with Crippen LogP contribution in [0.5, 0.6) is 0 Å². The molecule has 1 fully saturated rings. The van der Waals surface area contributed by atoms with Crippen molar-refractivity contribution < 1.29 is 0 Å². The molecule has 0 amide bonds. The van der Waals surface area contributed by atoms with Gasteiger partial charge in [-0.1, -0.05) is 11.9 Å². The van der Waals surface area contributed by atoms with Crippen molar-refractivity contribution >= 4 is 11.9 Å². The molecule has 0 aromatic heterocycles. The van der Waals surface area contributed by atoms with Crippen LogP contribution in [0.1, 0.15) is 6.92 Å². The van der Waals surface area contributed by atoms with Gasteiger partial charge in [0.1, 0.15) is 0 Å². The molecule has 0 radical (unpaired) electrons. The minimum atomic E-state index is 0.550. The SMILES string of the molecule is CC1NCCSN1C. The van der Waals surface area contributed by atoms with Crippen LogP contribution >= 0.6 is 11.9 Å². The number of nitrogens with one attached hydrogen (secondary N) is 1. The molecule has 0 spiro atoms. The predicted molar refractivity (Wildman–Crippen MR) is 37.7 cm³/mol.